The van der Waals surface area contributed by atoms with E-state index in [9.17, 15) is 0 Å². The van der Waals surface area contributed by atoms with Crippen molar-refractivity contribution >= 4 is 49.1 Å². The maximum Gasteiger partial charge on any atom is 0.0657 e. The predicted molar refractivity (Wildman–Crippen MR) is 93.9 cm³/mol. The number of nitrogens with one attached hydrogen (secondary N) is 1. The number of halogens is 1. The van der Waals surface area contributed by atoms with Crippen LogP contribution in [0.3, 0.4) is 0 Å². The van der Waals surface area contributed by atoms with Gasteiger partial charge in [-0.05, 0) is 51.1 Å². The number of thiophene rings is 1. The van der Waals surface area contributed by atoms with Gasteiger partial charge in [-0.1, -0.05) is 24.3 Å². The lowest BCUT2D eigenvalue weighted by atomic mass is 10.0. The van der Waals surface area contributed by atoms with Crippen LogP contribution in [0, 0.1) is 0 Å². The number of hydrogen-bond acceptors (Lipinski definition) is 2. The highest BCUT2D eigenvalue weighted by molar-refractivity contribution is 9.10. The molecule has 2 nitrogen and oxygen atoms in total. The Labute approximate surface area is 134 Å². The summed E-state index contributed by atoms with van der Waals surface area (Å²) in [5.41, 5.74) is 9.88. The van der Waals surface area contributed by atoms with Gasteiger partial charge in [-0.3, -0.25) is 0 Å². The summed E-state index contributed by atoms with van der Waals surface area (Å²) < 4.78 is 1.08. The lowest BCUT2D eigenvalue weighted by Gasteiger charge is -2.11. The number of benzene rings is 2. The second kappa shape index (κ2) is 4.98. The molecule has 0 radical (unpaired) electrons. The SMILES string of the molecule is NC(c1ccc2[nH]c3ccccc3c2c1)c1sccc1Br. The number of fused-ring (bicyclic) bond motifs is 3. The van der Waals surface area contributed by atoms with Crippen LogP contribution in [0.5, 0.6) is 0 Å². The number of para-hydroxylation sites is 1. The van der Waals surface area contributed by atoms with E-state index in [2.05, 4.69) is 62.7 Å². The molecule has 2 aromatic heterocycles. The van der Waals surface area contributed by atoms with Gasteiger partial charge >= 0.3 is 0 Å². The average molecular weight is 357 g/mol. The molecule has 0 saturated heterocycles. The van der Waals surface area contributed by atoms with E-state index < -0.39 is 0 Å². The second-order valence-corrected chi connectivity index (χ2v) is 6.89. The van der Waals surface area contributed by atoms with Gasteiger partial charge in [-0.2, -0.15) is 0 Å². The molecule has 0 bridgehead atoms. The van der Waals surface area contributed by atoms with Gasteiger partial charge in [0.15, 0.2) is 0 Å². The normalized spacial score (nSPS) is 13.0. The van der Waals surface area contributed by atoms with E-state index in [4.69, 9.17) is 5.73 Å². The largest absolute Gasteiger partial charge is 0.355 e. The zero-order valence-corrected chi connectivity index (χ0v) is 13.5. The minimum Gasteiger partial charge on any atom is -0.355 e. The lowest BCUT2D eigenvalue weighted by Crippen LogP contribution is -2.10. The van der Waals surface area contributed by atoms with Crippen molar-refractivity contribution in [3.8, 4) is 0 Å². The molecule has 0 fully saturated rings. The number of hydrogen-bond donors (Lipinski definition) is 2. The van der Waals surface area contributed by atoms with Crippen molar-refractivity contribution < 1.29 is 0 Å². The van der Waals surface area contributed by atoms with Crippen molar-refractivity contribution in [2.45, 2.75) is 6.04 Å². The third-order valence-electron chi connectivity index (χ3n) is 3.82. The number of H-pyrrole nitrogens is 1. The summed E-state index contributed by atoms with van der Waals surface area (Å²) >= 11 is 5.25. The van der Waals surface area contributed by atoms with Crippen molar-refractivity contribution in [1.82, 2.24) is 4.98 Å². The van der Waals surface area contributed by atoms with Crippen LogP contribution in [0.1, 0.15) is 16.5 Å². The quantitative estimate of drug-likeness (QED) is 0.509. The summed E-state index contributed by atoms with van der Waals surface area (Å²) in [5.74, 6) is 0. The molecule has 0 aliphatic rings. The number of rotatable bonds is 2. The van der Waals surface area contributed by atoms with Gasteiger partial charge in [0.1, 0.15) is 0 Å². The zero-order chi connectivity index (χ0) is 14.4. The molecule has 4 rings (SSSR count). The van der Waals surface area contributed by atoms with E-state index >= 15 is 0 Å². The van der Waals surface area contributed by atoms with E-state index in [1.165, 1.54) is 10.8 Å². The van der Waals surface area contributed by atoms with E-state index in [0.29, 0.717) is 0 Å². The first-order valence-corrected chi connectivity index (χ1v) is 8.40. The first kappa shape index (κ1) is 13.1. The van der Waals surface area contributed by atoms with Crippen molar-refractivity contribution in [1.29, 1.82) is 0 Å². The third kappa shape index (κ3) is 2.11. The maximum atomic E-state index is 6.44. The molecule has 1 atom stereocenters. The minimum absolute atomic E-state index is 0.0996. The second-order valence-electron chi connectivity index (χ2n) is 5.09. The molecule has 3 N–H and O–H groups in total. The van der Waals surface area contributed by atoms with Gasteiger partial charge in [0.25, 0.3) is 0 Å². The fraction of sp³-hybridized carbons (Fsp3) is 0.0588. The van der Waals surface area contributed by atoms with Gasteiger partial charge in [0.05, 0.1) is 6.04 Å². The Bertz CT molecular complexity index is 938. The fourth-order valence-corrected chi connectivity index (χ4v) is 4.39. The Morgan fingerprint density at radius 3 is 2.62 bits per heavy atom. The molecule has 1 unspecified atom stereocenters. The van der Waals surface area contributed by atoms with Crippen LogP contribution in [0.15, 0.2) is 58.4 Å². The molecule has 0 saturated carbocycles. The Kier molecular flexibility index (Phi) is 3.10. The van der Waals surface area contributed by atoms with Crippen LogP contribution in [-0.2, 0) is 0 Å². The van der Waals surface area contributed by atoms with Crippen LogP contribution in [0.2, 0.25) is 0 Å². The van der Waals surface area contributed by atoms with E-state index in [-0.39, 0.29) is 6.04 Å². The summed E-state index contributed by atoms with van der Waals surface area (Å²) in [6, 6.07) is 16.7. The minimum atomic E-state index is -0.0996. The highest BCUT2D eigenvalue weighted by Gasteiger charge is 2.15. The summed E-state index contributed by atoms with van der Waals surface area (Å²) in [7, 11) is 0. The van der Waals surface area contributed by atoms with Crippen LogP contribution in [0.25, 0.3) is 21.8 Å². The lowest BCUT2D eigenvalue weighted by molar-refractivity contribution is 0.891. The Balaban J connectivity index is 1.90. The van der Waals surface area contributed by atoms with Crippen LogP contribution in [-0.4, -0.2) is 4.98 Å². The number of aromatic amines is 1. The molecule has 4 aromatic rings. The first-order valence-electron chi connectivity index (χ1n) is 6.73. The molecular weight excluding hydrogens is 344 g/mol. The summed E-state index contributed by atoms with van der Waals surface area (Å²) in [5, 5.41) is 4.53. The highest BCUT2D eigenvalue weighted by Crippen LogP contribution is 2.34. The van der Waals surface area contributed by atoms with Crippen molar-refractivity contribution in [2.75, 3.05) is 0 Å². The van der Waals surface area contributed by atoms with E-state index in [1.807, 2.05) is 12.1 Å². The van der Waals surface area contributed by atoms with Crippen molar-refractivity contribution in [2.24, 2.45) is 5.73 Å². The van der Waals surface area contributed by atoms with Crippen molar-refractivity contribution in [3.05, 3.63) is 68.8 Å². The third-order valence-corrected chi connectivity index (χ3v) is 5.77. The first-order chi connectivity index (χ1) is 10.2. The number of nitrogens with two attached hydrogens (primary N) is 1. The molecule has 0 spiro atoms. The average Bonchev–Trinajstić information content (AvgIpc) is 3.09. The molecule has 2 heterocycles. The Hall–Kier alpha value is -1.62. The molecule has 4 heteroatoms. The molecular formula is C17H13BrN2S. The highest BCUT2D eigenvalue weighted by atomic mass is 79.9. The fourth-order valence-electron chi connectivity index (χ4n) is 2.74. The summed E-state index contributed by atoms with van der Waals surface area (Å²) in [6.07, 6.45) is 0. The monoisotopic (exact) mass is 356 g/mol. The molecule has 0 aliphatic carbocycles. The van der Waals surface area contributed by atoms with E-state index in [0.717, 1.165) is 25.9 Å². The number of aromatic nitrogens is 1. The van der Waals surface area contributed by atoms with Crippen LogP contribution >= 0.6 is 27.3 Å². The molecule has 21 heavy (non-hydrogen) atoms. The molecule has 2 aromatic carbocycles. The standard InChI is InChI=1S/C17H13BrN2S/c18-13-7-8-21-17(13)16(19)10-5-6-15-12(9-10)11-3-1-2-4-14(11)20-15/h1-9,16,20H,19H2. The van der Waals surface area contributed by atoms with Gasteiger partial charge in [-0.15, -0.1) is 11.3 Å². The molecule has 104 valence electrons. The van der Waals surface area contributed by atoms with Gasteiger partial charge < -0.3 is 10.7 Å². The zero-order valence-electron chi connectivity index (χ0n) is 11.1. The molecule has 0 aliphatic heterocycles. The smallest absolute Gasteiger partial charge is 0.0657 e. The Morgan fingerprint density at radius 1 is 1.00 bits per heavy atom. The van der Waals surface area contributed by atoms with Crippen molar-refractivity contribution in [3.63, 3.8) is 0 Å². The summed E-state index contributed by atoms with van der Waals surface area (Å²) in [4.78, 5) is 4.60. The van der Waals surface area contributed by atoms with Gasteiger partial charge in [-0.25, -0.2) is 0 Å². The maximum absolute atomic E-state index is 6.44. The topological polar surface area (TPSA) is 41.8 Å². The summed E-state index contributed by atoms with van der Waals surface area (Å²) in [6.45, 7) is 0. The van der Waals surface area contributed by atoms with Crippen LogP contribution < -0.4 is 5.73 Å². The molecule has 0 amide bonds. The van der Waals surface area contributed by atoms with Crippen LogP contribution in [0.4, 0.5) is 0 Å². The van der Waals surface area contributed by atoms with E-state index in [1.54, 1.807) is 11.3 Å². The van der Waals surface area contributed by atoms with Gasteiger partial charge in [0.2, 0.25) is 0 Å². The Morgan fingerprint density at radius 2 is 1.81 bits per heavy atom. The van der Waals surface area contributed by atoms with Gasteiger partial charge in [0, 0.05) is 31.2 Å². The predicted octanol–water partition coefficient (Wildman–Crippen LogP) is 5.19.